The largest absolute Gasteiger partial charge is 0.316 e. The summed E-state index contributed by atoms with van der Waals surface area (Å²) >= 11 is 0. The predicted octanol–water partition coefficient (Wildman–Crippen LogP) is 4.55. The van der Waals surface area contributed by atoms with E-state index in [1.54, 1.807) is 0 Å². The molecular formula is C19H40N2. The molecule has 0 bridgehead atoms. The third-order valence-electron chi connectivity index (χ3n) is 4.94. The van der Waals surface area contributed by atoms with Gasteiger partial charge in [-0.25, -0.2) is 0 Å². The molecular weight excluding hydrogens is 256 g/mol. The molecule has 0 saturated carbocycles. The van der Waals surface area contributed by atoms with Crippen molar-refractivity contribution in [1.29, 1.82) is 0 Å². The SMILES string of the molecule is CC(C)CNCCCCCCN1CCC(C(C)(C)C)CC1. The highest BCUT2D eigenvalue weighted by Gasteiger charge is 2.28. The Hall–Kier alpha value is -0.0800. The van der Waals surface area contributed by atoms with Crippen molar-refractivity contribution in [3.8, 4) is 0 Å². The van der Waals surface area contributed by atoms with Crippen LogP contribution in [0.1, 0.15) is 73.1 Å². The van der Waals surface area contributed by atoms with Gasteiger partial charge in [0.15, 0.2) is 0 Å². The molecule has 126 valence electrons. The first kappa shape index (κ1) is 19.0. The number of piperidine rings is 1. The van der Waals surface area contributed by atoms with Crippen molar-refractivity contribution in [3.63, 3.8) is 0 Å². The van der Waals surface area contributed by atoms with Gasteiger partial charge in [-0.3, -0.25) is 0 Å². The number of unbranched alkanes of at least 4 members (excludes halogenated alkanes) is 3. The molecule has 0 aromatic carbocycles. The topological polar surface area (TPSA) is 15.3 Å². The Morgan fingerprint density at radius 1 is 1.00 bits per heavy atom. The van der Waals surface area contributed by atoms with E-state index in [2.05, 4.69) is 44.8 Å². The molecule has 2 heteroatoms. The quantitative estimate of drug-likeness (QED) is 0.628. The minimum absolute atomic E-state index is 0.509. The van der Waals surface area contributed by atoms with Crippen molar-refractivity contribution in [2.75, 3.05) is 32.7 Å². The second kappa shape index (κ2) is 9.84. The summed E-state index contributed by atoms with van der Waals surface area (Å²) < 4.78 is 0. The fourth-order valence-corrected chi connectivity index (χ4v) is 3.35. The molecule has 0 amide bonds. The Morgan fingerprint density at radius 2 is 1.62 bits per heavy atom. The predicted molar refractivity (Wildman–Crippen MR) is 94.8 cm³/mol. The van der Waals surface area contributed by atoms with Gasteiger partial charge in [-0.2, -0.15) is 0 Å². The van der Waals surface area contributed by atoms with Crippen molar-refractivity contribution < 1.29 is 0 Å². The normalized spacial score (nSPS) is 18.6. The summed E-state index contributed by atoms with van der Waals surface area (Å²) in [6.07, 6.45) is 8.35. The van der Waals surface area contributed by atoms with Crippen molar-refractivity contribution >= 4 is 0 Å². The first-order valence-corrected chi connectivity index (χ1v) is 9.32. The number of likely N-dealkylation sites (tertiary alicyclic amines) is 1. The molecule has 1 saturated heterocycles. The lowest BCUT2D eigenvalue weighted by atomic mass is 9.75. The van der Waals surface area contributed by atoms with Gasteiger partial charge in [-0.15, -0.1) is 0 Å². The number of hydrogen-bond acceptors (Lipinski definition) is 2. The lowest BCUT2D eigenvalue weighted by Gasteiger charge is -2.38. The standard InChI is InChI=1S/C19H40N2/c1-17(2)16-20-12-8-6-7-9-13-21-14-10-18(11-15-21)19(3,4)5/h17-18,20H,6-16H2,1-5H3. The Kier molecular flexibility index (Phi) is 8.89. The van der Waals surface area contributed by atoms with Gasteiger partial charge in [-0.1, -0.05) is 47.5 Å². The van der Waals surface area contributed by atoms with Gasteiger partial charge in [0.25, 0.3) is 0 Å². The van der Waals surface area contributed by atoms with Crippen molar-refractivity contribution in [2.24, 2.45) is 17.3 Å². The van der Waals surface area contributed by atoms with Crippen LogP contribution < -0.4 is 5.32 Å². The number of nitrogens with zero attached hydrogens (tertiary/aromatic N) is 1. The molecule has 0 aromatic heterocycles. The highest BCUT2D eigenvalue weighted by molar-refractivity contribution is 4.80. The molecule has 21 heavy (non-hydrogen) atoms. The lowest BCUT2D eigenvalue weighted by molar-refractivity contribution is 0.111. The summed E-state index contributed by atoms with van der Waals surface area (Å²) in [5.41, 5.74) is 0.509. The summed E-state index contributed by atoms with van der Waals surface area (Å²) in [5, 5.41) is 3.53. The fraction of sp³-hybridized carbons (Fsp3) is 1.00. The van der Waals surface area contributed by atoms with Crippen molar-refractivity contribution in [3.05, 3.63) is 0 Å². The first-order chi connectivity index (χ1) is 9.89. The second-order valence-corrected chi connectivity index (χ2v) is 8.49. The van der Waals surface area contributed by atoms with E-state index < -0.39 is 0 Å². The summed E-state index contributed by atoms with van der Waals surface area (Å²) in [7, 11) is 0. The van der Waals surface area contributed by atoms with Gasteiger partial charge in [0, 0.05) is 0 Å². The van der Waals surface area contributed by atoms with Crippen LogP contribution in [0.5, 0.6) is 0 Å². The van der Waals surface area contributed by atoms with Crippen LogP contribution in [0.15, 0.2) is 0 Å². The fourth-order valence-electron chi connectivity index (χ4n) is 3.35. The molecule has 0 radical (unpaired) electrons. The Bertz CT molecular complexity index is 247. The summed E-state index contributed by atoms with van der Waals surface area (Å²) in [4.78, 5) is 2.69. The highest BCUT2D eigenvalue weighted by Crippen LogP contribution is 2.34. The maximum atomic E-state index is 3.53. The number of nitrogens with one attached hydrogen (secondary N) is 1. The van der Waals surface area contributed by atoms with Crippen LogP contribution in [0.4, 0.5) is 0 Å². The van der Waals surface area contributed by atoms with Gasteiger partial charge in [0.1, 0.15) is 0 Å². The molecule has 0 aromatic rings. The molecule has 1 aliphatic heterocycles. The average molecular weight is 297 g/mol. The van der Waals surface area contributed by atoms with E-state index in [0.717, 1.165) is 11.8 Å². The average Bonchev–Trinajstić information content (AvgIpc) is 2.41. The molecule has 1 N–H and O–H groups in total. The lowest BCUT2D eigenvalue weighted by Crippen LogP contribution is -2.38. The Labute approximate surface area is 134 Å². The van der Waals surface area contributed by atoms with Crippen LogP contribution >= 0.6 is 0 Å². The molecule has 0 unspecified atom stereocenters. The maximum absolute atomic E-state index is 3.53. The minimum atomic E-state index is 0.509. The molecule has 1 rings (SSSR count). The van der Waals surface area contributed by atoms with E-state index in [0.29, 0.717) is 5.41 Å². The third-order valence-corrected chi connectivity index (χ3v) is 4.94. The molecule has 1 aliphatic rings. The highest BCUT2D eigenvalue weighted by atomic mass is 15.1. The zero-order valence-corrected chi connectivity index (χ0v) is 15.4. The van der Waals surface area contributed by atoms with Gasteiger partial charge in [0.2, 0.25) is 0 Å². The van der Waals surface area contributed by atoms with E-state index in [1.807, 2.05) is 0 Å². The van der Waals surface area contributed by atoms with Gasteiger partial charge in [0.05, 0.1) is 0 Å². The van der Waals surface area contributed by atoms with Crippen LogP contribution in [0.3, 0.4) is 0 Å². The zero-order chi connectivity index (χ0) is 15.7. The number of rotatable bonds is 9. The van der Waals surface area contributed by atoms with Crippen molar-refractivity contribution in [1.82, 2.24) is 10.2 Å². The molecule has 0 aliphatic carbocycles. The van der Waals surface area contributed by atoms with Gasteiger partial charge >= 0.3 is 0 Å². The molecule has 0 atom stereocenters. The smallest absolute Gasteiger partial charge is 0.00159 e. The van der Waals surface area contributed by atoms with E-state index >= 15 is 0 Å². The third kappa shape index (κ3) is 8.83. The van der Waals surface area contributed by atoms with E-state index in [4.69, 9.17) is 0 Å². The zero-order valence-electron chi connectivity index (χ0n) is 15.4. The molecule has 2 nitrogen and oxygen atoms in total. The Balaban J connectivity index is 1.93. The van der Waals surface area contributed by atoms with Crippen LogP contribution in [-0.4, -0.2) is 37.6 Å². The first-order valence-electron chi connectivity index (χ1n) is 9.32. The number of hydrogen-bond donors (Lipinski definition) is 1. The van der Waals surface area contributed by atoms with Gasteiger partial charge in [-0.05, 0) is 75.7 Å². The maximum Gasteiger partial charge on any atom is -0.00159 e. The van der Waals surface area contributed by atoms with E-state index in [9.17, 15) is 0 Å². The van der Waals surface area contributed by atoms with Crippen LogP contribution in [0.2, 0.25) is 0 Å². The van der Waals surface area contributed by atoms with E-state index in [1.165, 1.54) is 71.2 Å². The van der Waals surface area contributed by atoms with Gasteiger partial charge < -0.3 is 10.2 Å². The molecule has 1 heterocycles. The van der Waals surface area contributed by atoms with Crippen LogP contribution in [0, 0.1) is 17.3 Å². The summed E-state index contributed by atoms with van der Waals surface area (Å²) in [6.45, 7) is 18.1. The Morgan fingerprint density at radius 3 is 2.19 bits per heavy atom. The second-order valence-electron chi connectivity index (χ2n) is 8.49. The molecule has 0 spiro atoms. The summed E-state index contributed by atoms with van der Waals surface area (Å²) in [5.74, 6) is 1.71. The minimum Gasteiger partial charge on any atom is -0.316 e. The van der Waals surface area contributed by atoms with Crippen LogP contribution in [0.25, 0.3) is 0 Å². The van der Waals surface area contributed by atoms with E-state index in [-0.39, 0.29) is 0 Å². The van der Waals surface area contributed by atoms with Crippen molar-refractivity contribution in [2.45, 2.75) is 73.1 Å². The monoisotopic (exact) mass is 296 g/mol. The molecule has 1 fully saturated rings. The summed E-state index contributed by atoms with van der Waals surface area (Å²) in [6, 6.07) is 0. The van der Waals surface area contributed by atoms with Crippen LogP contribution in [-0.2, 0) is 0 Å².